The fourth-order valence-electron chi connectivity index (χ4n) is 4.13. The van der Waals surface area contributed by atoms with E-state index in [1.807, 2.05) is 6.92 Å². The maximum absolute atomic E-state index is 14.0. The molecule has 1 aromatic carbocycles. The highest BCUT2D eigenvalue weighted by Crippen LogP contribution is 2.30. The molecule has 0 amide bonds. The zero-order chi connectivity index (χ0) is 19.3. The molecule has 0 radical (unpaired) electrons. The summed E-state index contributed by atoms with van der Waals surface area (Å²) in [7, 11) is 1.70. The Morgan fingerprint density at radius 3 is 2.59 bits per heavy atom. The minimum Gasteiger partial charge on any atom is -0.381 e. The first-order valence-electron chi connectivity index (χ1n) is 9.79. The maximum Gasteiger partial charge on any atom is 0.191 e. The summed E-state index contributed by atoms with van der Waals surface area (Å²) in [6.45, 7) is 6.43. The second kappa shape index (κ2) is 8.97. The molecule has 5 nitrogen and oxygen atoms in total. The van der Waals surface area contributed by atoms with Crippen molar-refractivity contribution in [3.63, 3.8) is 0 Å². The van der Waals surface area contributed by atoms with E-state index in [1.54, 1.807) is 7.05 Å². The highest BCUT2D eigenvalue weighted by Gasteiger charge is 2.39. The van der Waals surface area contributed by atoms with Crippen LogP contribution in [0.3, 0.4) is 0 Å². The minimum absolute atomic E-state index is 0.0801. The third-order valence-corrected chi connectivity index (χ3v) is 5.79. The largest absolute Gasteiger partial charge is 0.381 e. The van der Waals surface area contributed by atoms with Crippen LogP contribution in [-0.4, -0.2) is 56.3 Å². The normalized spacial score (nSPS) is 21.9. The Labute approximate surface area is 160 Å². The van der Waals surface area contributed by atoms with Crippen LogP contribution in [0.25, 0.3) is 0 Å². The molecule has 7 heteroatoms. The van der Waals surface area contributed by atoms with Crippen LogP contribution in [0.15, 0.2) is 23.2 Å². The number of hydrogen-bond acceptors (Lipinski definition) is 3. The van der Waals surface area contributed by atoms with E-state index < -0.39 is 11.6 Å². The number of rotatable bonds is 5. The summed E-state index contributed by atoms with van der Waals surface area (Å²) in [5.41, 5.74) is 0.496. The predicted octanol–water partition coefficient (Wildman–Crippen LogP) is 2.84. The van der Waals surface area contributed by atoms with Crippen LogP contribution >= 0.6 is 0 Å². The van der Waals surface area contributed by atoms with Crippen molar-refractivity contribution in [2.75, 3.05) is 39.9 Å². The summed E-state index contributed by atoms with van der Waals surface area (Å²) < 4.78 is 32.8. The quantitative estimate of drug-likeness (QED) is 0.609. The van der Waals surface area contributed by atoms with Crippen LogP contribution in [0.4, 0.5) is 8.78 Å². The van der Waals surface area contributed by atoms with Crippen molar-refractivity contribution in [2.45, 2.75) is 44.2 Å². The van der Waals surface area contributed by atoms with E-state index in [2.05, 4.69) is 20.5 Å². The molecule has 1 aromatic rings. The topological polar surface area (TPSA) is 48.9 Å². The fraction of sp³-hybridized carbons (Fsp3) is 0.650. The van der Waals surface area contributed by atoms with Gasteiger partial charge in [-0.1, -0.05) is 6.07 Å². The molecule has 2 heterocycles. The van der Waals surface area contributed by atoms with E-state index in [1.165, 1.54) is 25.0 Å². The van der Waals surface area contributed by atoms with E-state index in [-0.39, 0.29) is 11.6 Å². The van der Waals surface area contributed by atoms with Gasteiger partial charge in [0, 0.05) is 44.0 Å². The summed E-state index contributed by atoms with van der Waals surface area (Å²) in [5.74, 6) is -0.502. The zero-order valence-corrected chi connectivity index (χ0v) is 16.2. The molecule has 0 bridgehead atoms. The van der Waals surface area contributed by atoms with E-state index in [9.17, 15) is 8.78 Å². The lowest BCUT2D eigenvalue weighted by Crippen LogP contribution is -2.58. The second-order valence-electron chi connectivity index (χ2n) is 7.49. The average Bonchev–Trinajstić information content (AvgIpc) is 3.21. The number of nitrogens with zero attached hydrogens (tertiary/aromatic N) is 2. The Balaban J connectivity index is 1.63. The van der Waals surface area contributed by atoms with Crippen molar-refractivity contribution in [1.29, 1.82) is 0 Å². The molecule has 0 saturated carbocycles. The van der Waals surface area contributed by atoms with Gasteiger partial charge in [0.05, 0.1) is 6.04 Å². The summed E-state index contributed by atoms with van der Waals surface area (Å²) in [6, 6.07) is 3.33. The highest BCUT2D eigenvalue weighted by atomic mass is 19.1. The first-order chi connectivity index (χ1) is 13.0. The first-order valence-corrected chi connectivity index (χ1v) is 9.79. The minimum atomic E-state index is -0.571. The molecule has 2 saturated heterocycles. The molecule has 0 spiro atoms. The highest BCUT2D eigenvalue weighted by molar-refractivity contribution is 5.80. The second-order valence-corrected chi connectivity index (χ2v) is 7.49. The van der Waals surface area contributed by atoms with E-state index in [4.69, 9.17) is 4.74 Å². The van der Waals surface area contributed by atoms with Gasteiger partial charge in [-0.05, 0) is 51.8 Å². The standard InChI is InChI=1S/C20H30F2N4O/c1-15(17-6-5-16(21)13-18(17)22)25-19(23-2)24-14-20(7-11-27-12-8-20)26-9-3-4-10-26/h5-6,13,15H,3-4,7-12,14H2,1-2H3,(H2,23,24,25). The zero-order valence-electron chi connectivity index (χ0n) is 16.2. The Kier molecular flexibility index (Phi) is 6.65. The predicted molar refractivity (Wildman–Crippen MR) is 103 cm³/mol. The monoisotopic (exact) mass is 380 g/mol. The molecular formula is C20H30F2N4O. The van der Waals surface area contributed by atoms with Gasteiger partial charge in [0.15, 0.2) is 5.96 Å². The maximum atomic E-state index is 14.0. The number of guanidine groups is 1. The van der Waals surface area contributed by atoms with Crippen molar-refractivity contribution in [2.24, 2.45) is 4.99 Å². The van der Waals surface area contributed by atoms with Gasteiger partial charge in [0.1, 0.15) is 11.6 Å². The third kappa shape index (κ3) is 4.76. The summed E-state index contributed by atoms with van der Waals surface area (Å²) in [4.78, 5) is 6.87. The molecule has 2 aliphatic rings. The molecule has 0 aliphatic carbocycles. The Morgan fingerprint density at radius 1 is 1.26 bits per heavy atom. The number of ether oxygens (including phenoxy) is 1. The first kappa shape index (κ1) is 20.0. The smallest absolute Gasteiger partial charge is 0.191 e. The number of halogens is 2. The van der Waals surface area contributed by atoms with E-state index in [0.29, 0.717) is 11.5 Å². The van der Waals surface area contributed by atoms with Gasteiger partial charge in [0.2, 0.25) is 0 Å². The molecule has 1 atom stereocenters. The molecule has 3 rings (SSSR count). The molecule has 2 N–H and O–H groups in total. The SMILES string of the molecule is CN=C(NCC1(N2CCCC2)CCOCC1)NC(C)c1ccc(F)cc1F. The third-order valence-electron chi connectivity index (χ3n) is 5.79. The lowest BCUT2D eigenvalue weighted by Gasteiger charge is -2.45. The van der Waals surface area contributed by atoms with Crippen LogP contribution in [0, 0.1) is 11.6 Å². The molecule has 27 heavy (non-hydrogen) atoms. The van der Waals surface area contributed by atoms with Gasteiger partial charge < -0.3 is 15.4 Å². The van der Waals surface area contributed by atoms with E-state index in [0.717, 1.165) is 51.8 Å². The Hall–Kier alpha value is -1.73. The van der Waals surface area contributed by atoms with Crippen molar-refractivity contribution in [1.82, 2.24) is 15.5 Å². The van der Waals surface area contributed by atoms with Crippen molar-refractivity contribution in [3.05, 3.63) is 35.4 Å². The van der Waals surface area contributed by atoms with Gasteiger partial charge in [-0.25, -0.2) is 8.78 Å². The van der Waals surface area contributed by atoms with Gasteiger partial charge in [-0.15, -0.1) is 0 Å². The lowest BCUT2D eigenvalue weighted by atomic mass is 9.88. The molecule has 150 valence electrons. The Morgan fingerprint density at radius 2 is 1.96 bits per heavy atom. The van der Waals surface area contributed by atoms with Gasteiger partial charge in [0.25, 0.3) is 0 Å². The van der Waals surface area contributed by atoms with Gasteiger partial charge in [-0.3, -0.25) is 9.89 Å². The number of hydrogen-bond donors (Lipinski definition) is 2. The van der Waals surface area contributed by atoms with Crippen LogP contribution in [-0.2, 0) is 4.74 Å². The number of benzene rings is 1. The average molecular weight is 380 g/mol. The molecular weight excluding hydrogens is 350 g/mol. The van der Waals surface area contributed by atoms with Gasteiger partial charge >= 0.3 is 0 Å². The number of nitrogens with one attached hydrogen (secondary N) is 2. The molecule has 2 aliphatic heterocycles. The lowest BCUT2D eigenvalue weighted by molar-refractivity contribution is -0.0164. The van der Waals surface area contributed by atoms with Crippen LogP contribution in [0.1, 0.15) is 44.2 Å². The van der Waals surface area contributed by atoms with Gasteiger partial charge in [-0.2, -0.15) is 0 Å². The van der Waals surface area contributed by atoms with E-state index >= 15 is 0 Å². The molecule has 1 unspecified atom stereocenters. The fourth-order valence-corrected chi connectivity index (χ4v) is 4.13. The van der Waals surface area contributed by atoms with Crippen LogP contribution < -0.4 is 10.6 Å². The van der Waals surface area contributed by atoms with Crippen molar-refractivity contribution >= 4 is 5.96 Å². The van der Waals surface area contributed by atoms with Crippen molar-refractivity contribution < 1.29 is 13.5 Å². The van der Waals surface area contributed by atoms with Crippen LogP contribution in [0.2, 0.25) is 0 Å². The number of likely N-dealkylation sites (tertiary alicyclic amines) is 1. The Bertz CT molecular complexity index is 655. The molecule has 0 aromatic heterocycles. The number of aliphatic imine (C=N–C) groups is 1. The summed E-state index contributed by atoms with van der Waals surface area (Å²) in [6.07, 6.45) is 4.49. The summed E-state index contributed by atoms with van der Waals surface area (Å²) >= 11 is 0. The van der Waals surface area contributed by atoms with Crippen LogP contribution in [0.5, 0.6) is 0 Å². The van der Waals surface area contributed by atoms with Crippen molar-refractivity contribution in [3.8, 4) is 0 Å². The summed E-state index contributed by atoms with van der Waals surface area (Å²) in [5, 5.41) is 6.65. The molecule has 2 fully saturated rings.